The third kappa shape index (κ3) is 4.44. The Labute approximate surface area is 182 Å². The van der Waals surface area contributed by atoms with Crippen LogP contribution in [0.25, 0.3) is 11.0 Å². The molecule has 4 aromatic rings. The molecule has 162 valence electrons. The summed E-state index contributed by atoms with van der Waals surface area (Å²) in [6.45, 7) is 2.37. The standard InChI is InChI=1S/C24H20FN3O4/c1-2-28-21-11-8-16(12-20(21)27-23(30)24(28)31)22(29)26-18-4-3-5-19(13-18)32-14-15-6-9-17(25)10-7-15/h3-13H,2,14H2,1H3,(H,26,29)(H,27,30). The van der Waals surface area contributed by atoms with Crippen LogP contribution in [0.2, 0.25) is 0 Å². The molecule has 0 saturated heterocycles. The van der Waals surface area contributed by atoms with Crippen molar-refractivity contribution in [2.75, 3.05) is 5.32 Å². The van der Waals surface area contributed by atoms with E-state index in [0.717, 1.165) is 5.56 Å². The molecule has 0 unspecified atom stereocenters. The van der Waals surface area contributed by atoms with E-state index in [4.69, 9.17) is 4.74 Å². The van der Waals surface area contributed by atoms with Crippen LogP contribution in [-0.4, -0.2) is 15.5 Å². The summed E-state index contributed by atoms with van der Waals surface area (Å²) < 4.78 is 20.1. The average molecular weight is 433 g/mol. The van der Waals surface area contributed by atoms with Gasteiger partial charge in [0.1, 0.15) is 18.2 Å². The molecule has 1 aromatic heterocycles. The van der Waals surface area contributed by atoms with Gasteiger partial charge in [-0.3, -0.25) is 14.4 Å². The van der Waals surface area contributed by atoms with Gasteiger partial charge in [0.15, 0.2) is 0 Å². The summed E-state index contributed by atoms with van der Waals surface area (Å²) >= 11 is 0. The number of carbonyl (C=O) groups is 1. The van der Waals surface area contributed by atoms with Crippen molar-refractivity contribution in [3.8, 4) is 5.75 Å². The molecule has 2 N–H and O–H groups in total. The first-order chi connectivity index (χ1) is 15.4. The summed E-state index contributed by atoms with van der Waals surface area (Å²) in [7, 11) is 0. The normalized spacial score (nSPS) is 10.8. The monoisotopic (exact) mass is 433 g/mol. The van der Waals surface area contributed by atoms with Crippen molar-refractivity contribution in [1.29, 1.82) is 0 Å². The fraction of sp³-hybridized carbons (Fsp3) is 0.125. The quantitative estimate of drug-likeness (QED) is 0.454. The van der Waals surface area contributed by atoms with Crippen LogP contribution >= 0.6 is 0 Å². The fourth-order valence-corrected chi connectivity index (χ4v) is 3.35. The van der Waals surface area contributed by atoms with E-state index in [2.05, 4.69) is 10.3 Å². The summed E-state index contributed by atoms with van der Waals surface area (Å²) in [4.78, 5) is 39.1. The number of anilines is 1. The summed E-state index contributed by atoms with van der Waals surface area (Å²) in [5, 5.41) is 2.79. The van der Waals surface area contributed by atoms with Crippen molar-refractivity contribution >= 4 is 22.6 Å². The van der Waals surface area contributed by atoms with Gasteiger partial charge in [0.05, 0.1) is 11.0 Å². The molecule has 1 amide bonds. The largest absolute Gasteiger partial charge is 0.489 e. The fourth-order valence-electron chi connectivity index (χ4n) is 3.35. The van der Waals surface area contributed by atoms with Crippen molar-refractivity contribution in [1.82, 2.24) is 9.55 Å². The van der Waals surface area contributed by atoms with Crippen LogP contribution in [0.15, 0.2) is 76.3 Å². The number of fused-ring (bicyclic) bond motifs is 1. The van der Waals surface area contributed by atoms with E-state index >= 15 is 0 Å². The Morgan fingerprint density at radius 2 is 1.84 bits per heavy atom. The van der Waals surface area contributed by atoms with Crippen LogP contribution in [0.1, 0.15) is 22.8 Å². The zero-order chi connectivity index (χ0) is 22.7. The average Bonchev–Trinajstić information content (AvgIpc) is 2.79. The molecule has 0 radical (unpaired) electrons. The lowest BCUT2D eigenvalue weighted by Gasteiger charge is -2.11. The van der Waals surface area contributed by atoms with Gasteiger partial charge in [0, 0.05) is 23.9 Å². The lowest BCUT2D eigenvalue weighted by atomic mass is 10.1. The highest BCUT2D eigenvalue weighted by atomic mass is 19.1. The van der Waals surface area contributed by atoms with Crippen LogP contribution in [0, 0.1) is 5.82 Å². The number of benzene rings is 3. The van der Waals surface area contributed by atoms with E-state index in [1.807, 2.05) is 0 Å². The Balaban J connectivity index is 1.51. The first kappa shape index (κ1) is 21.0. The van der Waals surface area contributed by atoms with Gasteiger partial charge in [0.2, 0.25) is 0 Å². The lowest BCUT2D eigenvalue weighted by molar-refractivity contribution is 0.102. The lowest BCUT2D eigenvalue weighted by Crippen LogP contribution is -2.36. The molecule has 0 aliphatic carbocycles. The molecule has 0 aliphatic rings. The minimum absolute atomic E-state index is 0.259. The molecule has 0 spiro atoms. The number of aryl methyl sites for hydroxylation is 1. The maximum Gasteiger partial charge on any atom is 0.316 e. The summed E-state index contributed by atoms with van der Waals surface area (Å²) in [6.07, 6.45) is 0. The Morgan fingerprint density at radius 1 is 1.06 bits per heavy atom. The minimum atomic E-state index is -0.733. The van der Waals surface area contributed by atoms with Crippen LogP contribution in [0.5, 0.6) is 5.75 Å². The number of aromatic amines is 1. The number of H-pyrrole nitrogens is 1. The van der Waals surface area contributed by atoms with Gasteiger partial charge in [-0.15, -0.1) is 0 Å². The maximum absolute atomic E-state index is 13.0. The number of aromatic nitrogens is 2. The molecule has 4 rings (SSSR count). The van der Waals surface area contributed by atoms with E-state index in [1.165, 1.54) is 22.8 Å². The van der Waals surface area contributed by atoms with Crippen molar-refractivity contribution in [2.45, 2.75) is 20.1 Å². The molecule has 0 aliphatic heterocycles. The highest BCUT2D eigenvalue weighted by Crippen LogP contribution is 2.20. The number of rotatable bonds is 6. The Morgan fingerprint density at radius 3 is 2.59 bits per heavy atom. The zero-order valence-corrected chi connectivity index (χ0v) is 17.2. The van der Waals surface area contributed by atoms with Crippen molar-refractivity contribution in [2.24, 2.45) is 0 Å². The topological polar surface area (TPSA) is 93.2 Å². The van der Waals surface area contributed by atoms with Crippen LogP contribution in [-0.2, 0) is 13.2 Å². The number of carbonyl (C=O) groups excluding carboxylic acids is 1. The highest BCUT2D eigenvalue weighted by molar-refractivity contribution is 6.06. The second-order valence-corrected chi connectivity index (χ2v) is 7.13. The number of nitrogens with zero attached hydrogens (tertiary/aromatic N) is 1. The summed E-state index contributed by atoms with van der Waals surface area (Å²) in [6, 6.07) is 17.7. The summed E-state index contributed by atoms with van der Waals surface area (Å²) in [5.41, 5.74) is 1.25. The smallest absolute Gasteiger partial charge is 0.316 e. The van der Waals surface area contributed by atoms with E-state index in [1.54, 1.807) is 55.5 Å². The Bertz CT molecular complexity index is 1410. The van der Waals surface area contributed by atoms with Crippen LogP contribution in [0.4, 0.5) is 10.1 Å². The summed E-state index contributed by atoms with van der Waals surface area (Å²) in [5.74, 6) is -0.145. The molecular weight excluding hydrogens is 413 g/mol. The molecule has 0 saturated carbocycles. The van der Waals surface area contributed by atoms with Gasteiger partial charge in [-0.2, -0.15) is 0 Å². The second kappa shape index (κ2) is 8.89. The predicted molar refractivity (Wildman–Crippen MR) is 120 cm³/mol. The second-order valence-electron chi connectivity index (χ2n) is 7.13. The molecular formula is C24H20FN3O4. The number of halogens is 1. The number of ether oxygens (including phenoxy) is 1. The molecule has 0 fully saturated rings. The van der Waals surface area contributed by atoms with Crippen molar-refractivity contribution in [3.63, 3.8) is 0 Å². The first-order valence-corrected chi connectivity index (χ1v) is 10.00. The van der Waals surface area contributed by atoms with E-state index in [0.29, 0.717) is 34.6 Å². The van der Waals surface area contributed by atoms with Crippen molar-refractivity contribution in [3.05, 3.63) is 104 Å². The molecule has 0 bridgehead atoms. The van der Waals surface area contributed by atoms with Crippen LogP contribution < -0.4 is 21.2 Å². The van der Waals surface area contributed by atoms with E-state index in [9.17, 15) is 18.8 Å². The van der Waals surface area contributed by atoms with E-state index < -0.39 is 11.1 Å². The zero-order valence-electron chi connectivity index (χ0n) is 17.2. The maximum atomic E-state index is 13.0. The number of amides is 1. The van der Waals surface area contributed by atoms with Crippen molar-refractivity contribution < 1.29 is 13.9 Å². The molecule has 7 nitrogen and oxygen atoms in total. The Hall–Kier alpha value is -4.20. The highest BCUT2D eigenvalue weighted by Gasteiger charge is 2.11. The van der Waals surface area contributed by atoms with Gasteiger partial charge in [-0.05, 0) is 55.0 Å². The van der Waals surface area contributed by atoms with Crippen LogP contribution in [0.3, 0.4) is 0 Å². The molecule has 1 heterocycles. The SMILES string of the molecule is CCn1c(=O)c(=O)[nH]c2cc(C(=O)Nc3cccc(OCc4ccc(F)cc4)c3)ccc21. The van der Waals surface area contributed by atoms with E-state index in [-0.39, 0.29) is 18.3 Å². The number of hydrogen-bond acceptors (Lipinski definition) is 4. The number of nitrogens with one attached hydrogen (secondary N) is 2. The molecule has 8 heteroatoms. The third-order valence-electron chi connectivity index (χ3n) is 4.96. The third-order valence-corrected chi connectivity index (χ3v) is 4.96. The molecule has 32 heavy (non-hydrogen) atoms. The Kier molecular flexibility index (Phi) is 5.85. The van der Waals surface area contributed by atoms with Gasteiger partial charge in [-0.1, -0.05) is 18.2 Å². The van der Waals surface area contributed by atoms with Gasteiger partial charge in [-0.25, -0.2) is 4.39 Å². The number of hydrogen-bond donors (Lipinski definition) is 2. The first-order valence-electron chi connectivity index (χ1n) is 10.00. The van der Waals surface area contributed by atoms with Gasteiger partial charge >= 0.3 is 11.1 Å². The molecule has 0 atom stereocenters. The van der Waals surface area contributed by atoms with Gasteiger partial charge < -0.3 is 19.6 Å². The minimum Gasteiger partial charge on any atom is -0.489 e. The van der Waals surface area contributed by atoms with Gasteiger partial charge in [0.25, 0.3) is 5.91 Å². The predicted octanol–water partition coefficient (Wildman–Crippen LogP) is 3.68. The molecule has 3 aromatic carbocycles.